The molecule has 0 spiro atoms. The molecule has 0 aliphatic carbocycles. The van der Waals surface area contributed by atoms with Crippen LogP contribution in [0.5, 0.6) is 0 Å². The largest absolute Gasteiger partial charge is 0.451 e. The van der Waals surface area contributed by atoms with Crippen molar-refractivity contribution in [1.82, 2.24) is 15.5 Å². The third-order valence-electron chi connectivity index (χ3n) is 4.55. The van der Waals surface area contributed by atoms with Gasteiger partial charge in [0.1, 0.15) is 10.6 Å². The highest BCUT2D eigenvalue weighted by Crippen LogP contribution is 2.34. The Balaban J connectivity index is 1.64. The summed E-state index contributed by atoms with van der Waals surface area (Å²) in [6.07, 6.45) is 0. The van der Waals surface area contributed by atoms with Gasteiger partial charge in [0.05, 0.1) is 6.04 Å². The molecule has 0 aliphatic rings. The molecule has 0 fully saturated rings. The van der Waals surface area contributed by atoms with Gasteiger partial charge in [0.2, 0.25) is 0 Å². The lowest BCUT2D eigenvalue weighted by molar-refractivity contribution is 0.0899. The summed E-state index contributed by atoms with van der Waals surface area (Å²) >= 11 is 4.78. The number of benzene rings is 1. The van der Waals surface area contributed by atoms with Crippen molar-refractivity contribution in [1.29, 1.82) is 0 Å². The minimum Gasteiger partial charge on any atom is -0.451 e. The van der Waals surface area contributed by atoms with Crippen LogP contribution in [0.15, 0.2) is 50.5 Å². The number of hydrogen-bond donors (Lipinski definition) is 1. The molecule has 0 saturated heterocycles. The predicted octanol–water partition coefficient (Wildman–Crippen LogP) is 6.07. The summed E-state index contributed by atoms with van der Waals surface area (Å²) in [7, 11) is 0. The molecule has 1 N–H and O–H groups in total. The lowest BCUT2D eigenvalue weighted by atomic mass is 10.0. The zero-order valence-electron chi connectivity index (χ0n) is 16.3. The van der Waals surface area contributed by atoms with Gasteiger partial charge >= 0.3 is 0 Å². The van der Waals surface area contributed by atoms with Crippen LogP contribution in [-0.4, -0.2) is 16.1 Å². The minimum atomic E-state index is -0.183. The van der Waals surface area contributed by atoms with E-state index >= 15 is 0 Å². The second-order valence-corrected chi connectivity index (χ2v) is 10.4. The van der Waals surface area contributed by atoms with Gasteiger partial charge in [0.25, 0.3) is 5.91 Å². The van der Waals surface area contributed by atoms with Gasteiger partial charge in [-0.1, -0.05) is 61.2 Å². The fourth-order valence-electron chi connectivity index (χ4n) is 3.14. The molecule has 1 unspecified atom stereocenters. The maximum Gasteiger partial charge on any atom is 0.287 e. The molecular formula is C21H21N3O2S3. The van der Waals surface area contributed by atoms with E-state index in [2.05, 4.69) is 35.4 Å². The van der Waals surface area contributed by atoms with E-state index < -0.39 is 0 Å². The first kappa shape index (κ1) is 20.1. The highest BCUT2D eigenvalue weighted by atomic mass is 32.2. The van der Waals surface area contributed by atoms with Crippen molar-refractivity contribution >= 4 is 51.3 Å². The van der Waals surface area contributed by atoms with Crippen LogP contribution in [0.2, 0.25) is 0 Å². The Morgan fingerprint density at radius 2 is 2.03 bits per heavy atom. The highest BCUT2D eigenvalue weighted by Gasteiger charge is 2.25. The second-order valence-electron chi connectivity index (χ2n) is 6.99. The molecule has 8 heteroatoms. The smallest absolute Gasteiger partial charge is 0.287 e. The van der Waals surface area contributed by atoms with Crippen molar-refractivity contribution < 1.29 is 9.21 Å². The van der Waals surface area contributed by atoms with E-state index in [1.165, 1.54) is 0 Å². The standard InChI is InChI=1S/C21H21N3O2S3/c1-12(2)18(17-9-6-10-27-17)22-20(25)19-15(11-28-21-24-23-13(3)29-21)14-7-4-5-8-16(14)26-19/h4-10,12,18H,11H2,1-3H3,(H,22,25). The number of rotatable bonds is 7. The molecule has 0 aliphatic heterocycles. The number of fused-ring (bicyclic) bond motifs is 1. The summed E-state index contributed by atoms with van der Waals surface area (Å²) in [6.45, 7) is 6.15. The van der Waals surface area contributed by atoms with E-state index in [1.54, 1.807) is 34.4 Å². The monoisotopic (exact) mass is 443 g/mol. The van der Waals surface area contributed by atoms with Crippen LogP contribution < -0.4 is 5.32 Å². The number of carbonyl (C=O) groups is 1. The van der Waals surface area contributed by atoms with Crippen molar-refractivity contribution in [2.24, 2.45) is 5.92 Å². The van der Waals surface area contributed by atoms with Gasteiger partial charge < -0.3 is 9.73 Å². The quantitative estimate of drug-likeness (QED) is 0.351. The Hall–Kier alpha value is -2.16. The number of carbonyl (C=O) groups excluding carboxylic acids is 1. The van der Waals surface area contributed by atoms with Crippen LogP contribution in [-0.2, 0) is 5.75 Å². The first-order valence-electron chi connectivity index (χ1n) is 9.30. The van der Waals surface area contributed by atoms with Crippen LogP contribution in [0.1, 0.15) is 45.9 Å². The van der Waals surface area contributed by atoms with Crippen molar-refractivity contribution in [3.63, 3.8) is 0 Å². The number of hydrogen-bond acceptors (Lipinski definition) is 7. The average molecular weight is 444 g/mol. The maximum atomic E-state index is 13.2. The number of para-hydroxylation sites is 1. The van der Waals surface area contributed by atoms with Crippen LogP contribution >= 0.6 is 34.4 Å². The third-order valence-corrected chi connectivity index (χ3v) is 7.51. The topological polar surface area (TPSA) is 68.0 Å². The molecule has 1 amide bonds. The summed E-state index contributed by atoms with van der Waals surface area (Å²) in [4.78, 5) is 14.4. The zero-order valence-corrected chi connectivity index (χ0v) is 18.8. The number of aryl methyl sites for hydroxylation is 1. The molecule has 4 aromatic rings. The number of thioether (sulfide) groups is 1. The molecule has 3 heterocycles. The van der Waals surface area contributed by atoms with Crippen molar-refractivity contribution in [2.45, 2.75) is 36.9 Å². The number of nitrogens with zero attached hydrogens (tertiary/aromatic N) is 2. The summed E-state index contributed by atoms with van der Waals surface area (Å²) in [6, 6.07) is 11.8. The number of amides is 1. The van der Waals surface area contributed by atoms with Crippen LogP contribution in [0.4, 0.5) is 0 Å². The van der Waals surface area contributed by atoms with Crippen LogP contribution in [0, 0.1) is 12.8 Å². The molecule has 0 radical (unpaired) electrons. The Kier molecular flexibility index (Phi) is 6.03. The zero-order chi connectivity index (χ0) is 20.4. The minimum absolute atomic E-state index is 0.0537. The molecule has 3 aromatic heterocycles. The van der Waals surface area contributed by atoms with Crippen molar-refractivity contribution in [3.05, 3.63) is 63.0 Å². The van der Waals surface area contributed by atoms with Gasteiger partial charge in [-0.3, -0.25) is 4.79 Å². The molecule has 0 bridgehead atoms. The highest BCUT2D eigenvalue weighted by molar-refractivity contribution is 8.00. The lowest BCUT2D eigenvalue weighted by Gasteiger charge is -2.21. The van der Waals surface area contributed by atoms with Crippen molar-refractivity contribution in [2.75, 3.05) is 0 Å². The Morgan fingerprint density at radius 1 is 1.21 bits per heavy atom. The molecular weight excluding hydrogens is 422 g/mol. The second kappa shape index (κ2) is 8.69. The molecule has 4 rings (SSSR count). The third kappa shape index (κ3) is 4.39. The Labute approximate surface area is 181 Å². The van der Waals surface area contributed by atoms with E-state index in [9.17, 15) is 4.79 Å². The molecule has 1 atom stereocenters. The van der Waals surface area contributed by atoms with Crippen molar-refractivity contribution in [3.8, 4) is 0 Å². The van der Waals surface area contributed by atoms with Gasteiger partial charge in [-0.25, -0.2) is 0 Å². The summed E-state index contributed by atoms with van der Waals surface area (Å²) in [5, 5.41) is 15.4. The van der Waals surface area contributed by atoms with Crippen LogP contribution in [0.25, 0.3) is 11.0 Å². The summed E-state index contributed by atoms with van der Waals surface area (Å²) < 4.78 is 6.88. The van der Waals surface area contributed by atoms with E-state index in [-0.39, 0.29) is 17.9 Å². The molecule has 5 nitrogen and oxygen atoms in total. The Morgan fingerprint density at radius 3 is 2.72 bits per heavy atom. The van der Waals surface area contributed by atoms with E-state index in [0.717, 1.165) is 30.8 Å². The number of aromatic nitrogens is 2. The summed E-state index contributed by atoms with van der Waals surface area (Å²) in [5.74, 6) is 1.06. The Bertz CT molecular complexity index is 1120. The summed E-state index contributed by atoms with van der Waals surface area (Å²) in [5.41, 5.74) is 1.61. The van der Waals surface area contributed by atoms with Gasteiger partial charge in [0.15, 0.2) is 10.1 Å². The van der Waals surface area contributed by atoms with E-state index in [0.29, 0.717) is 11.5 Å². The number of furan rings is 1. The maximum absolute atomic E-state index is 13.2. The number of nitrogens with one attached hydrogen (secondary N) is 1. The van der Waals surface area contributed by atoms with Gasteiger partial charge in [-0.05, 0) is 30.4 Å². The molecule has 29 heavy (non-hydrogen) atoms. The molecule has 1 aromatic carbocycles. The molecule has 150 valence electrons. The first-order valence-corrected chi connectivity index (χ1v) is 12.0. The average Bonchev–Trinajstić information content (AvgIpc) is 3.44. The van der Waals surface area contributed by atoms with Gasteiger partial charge in [-0.15, -0.1) is 21.5 Å². The lowest BCUT2D eigenvalue weighted by Crippen LogP contribution is -2.31. The van der Waals surface area contributed by atoms with Crippen LogP contribution in [0.3, 0.4) is 0 Å². The number of thiophene rings is 1. The van der Waals surface area contributed by atoms with E-state index in [4.69, 9.17) is 4.42 Å². The molecule has 0 saturated carbocycles. The van der Waals surface area contributed by atoms with Gasteiger partial charge in [-0.2, -0.15) is 0 Å². The fraction of sp³-hybridized carbons (Fsp3) is 0.286. The van der Waals surface area contributed by atoms with Gasteiger partial charge in [0, 0.05) is 21.6 Å². The normalized spacial score (nSPS) is 12.6. The fourth-order valence-corrected chi connectivity index (χ4v) is 5.93. The SMILES string of the molecule is Cc1nnc(SCc2c(C(=O)NC(c3cccs3)C(C)C)oc3ccccc23)s1. The predicted molar refractivity (Wildman–Crippen MR) is 120 cm³/mol. The van der Waals surface area contributed by atoms with E-state index in [1.807, 2.05) is 42.6 Å². The first-order chi connectivity index (χ1) is 14.0.